The van der Waals surface area contributed by atoms with Crippen LogP contribution < -0.4 is 5.73 Å². The van der Waals surface area contributed by atoms with Crippen molar-refractivity contribution in [1.82, 2.24) is 4.98 Å². The van der Waals surface area contributed by atoms with Crippen LogP contribution in [0.15, 0.2) is 34.5 Å². The third kappa shape index (κ3) is 4.57. The Morgan fingerprint density at radius 3 is 2.59 bits per heavy atom. The number of benzene rings is 1. The fourth-order valence-corrected chi connectivity index (χ4v) is 3.11. The maximum atomic E-state index is 11.8. The Morgan fingerprint density at radius 1 is 1.36 bits per heavy atom. The number of rotatable bonds is 6. The Morgan fingerprint density at radius 2 is 2.05 bits per heavy atom. The number of amides is 1. The third-order valence-electron chi connectivity index (χ3n) is 2.83. The molecule has 0 spiro atoms. The van der Waals surface area contributed by atoms with E-state index >= 15 is 0 Å². The van der Waals surface area contributed by atoms with Gasteiger partial charge in [0.15, 0.2) is 6.10 Å². The number of esters is 1. The Bertz CT molecular complexity index is 668. The fourth-order valence-electron chi connectivity index (χ4n) is 1.61. The summed E-state index contributed by atoms with van der Waals surface area (Å²) in [7, 11) is 0. The van der Waals surface area contributed by atoms with Crippen LogP contribution in [0.1, 0.15) is 28.0 Å². The molecule has 1 aromatic heterocycles. The highest BCUT2D eigenvalue weighted by atomic mass is 32.2. The van der Waals surface area contributed by atoms with Crippen molar-refractivity contribution in [3.05, 3.63) is 45.9 Å². The fraction of sp³-hybridized carbons (Fsp3) is 0.267. The molecule has 0 aliphatic rings. The van der Waals surface area contributed by atoms with Gasteiger partial charge in [0.25, 0.3) is 5.91 Å². The summed E-state index contributed by atoms with van der Waals surface area (Å²) in [6.45, 7) is 3.42. The summed E-state index contributed by atoms with van der Waals surface area (Å²) in [6.07, 6.45) is -0.936. The number of nitrogens with zero attached hydrogens (tertiary/aromatic N) is 1. The highest BCUT2D eigenvalue weighted by Crippen LogP contribution is 2.24. The molecule has 0 saturated carbocycles. The normalized spacial score (nSPS) is 11.9. The van der Waals surface area contributed by atoms with Crippen molar-refractivity contribution in [2.24, 2.45) is 5.73 Å². The number of thioether (sulfide) groups is 1. The molecule has 1 atom stereocenters. The first-order valence-electron chi connectivity index (χ1n) is 6.60. The van der Waals surface area contributed by atoms with E-state index in [0.29, 0.717) is 5.56 Å². The van der Waals surface area contributed by atoms with Crippen molar-refractivity contribution < 1.29 is 14.3 Å². The predicted molar refractivity (Wildman–Crippen MR) is 86.9 cm³/mol. The van der Waals surface area contributed by atoms with E-state index in [1.54, 1.807) is 35.2 Å². The largest absolute Gasteiger partial charge is 0.449 e. The van der Waals surface area contributed by atoms with Gasteiger partial charge in [-0.2, -0.15) is 0 Å². The highest BCUT2D eigenvalue weighted by molar-refractivity contribution is 7.98. The minimum absolute atomic E-state index is 0.391. The summed E-state index contributed by atoms with van der Waals surface area (Å²) in [4.78, 5) is 28.1. The summed E-state index contributed by atoms with van der Waals surface area (Å²) >= 11 is 3.27. The average Bonchev–Trinajstić information content (AvgIpc) is 2.91. The van der Waals surface area contributed by atoms with E-state index in [2.05, 4.69) is 4.98 Å². The van der Waals surface area contributed by atoms with Crippen molar-refractivity contribution in [3.63, 3.8) is 0 Å². The molecule has 1 amide bonds. The summed E-state index contributed by atoms with van der Waals surface area (Å²) in [5.74, 6) is -0.440. The van der Waals surface area contributed by atoms with Gasteiger partial charge in [0.05, 0.1) is 16.3 Å². The van der Waals surface area contributed by atoms with Gasteiger partial charge in [-0.1, -0.05) is 0 Å². The van der Waals surface area contributed by atoms with Crippen molar-refractivity contribution in [1.29, 1.82) is 0 Å². The molecule has 2 rings (SSSR count). The molecule has 0 radical (unpaired) electrons. The number of aromatic nitrogens is 1. The molecule has 0 aliphatic heterocycles. The van der Waals surface area contributed by atoms with Gasteiger partial charge in [0, 0.05) is 16.0 Å². The summed E-state index contributed by atoms with van der Waals surface area (Å²) in [5.41, 5.74) is 6.50. The van der Waals surface area contributed by atoms with E-state index in [0.717, 1.165) is 21.3 Å². The zero-order chi connectivity index (χ0) is 16.1. The van der Waals surface area contributed by atoms with Gasteiger partial charge in [0.2, 0.25) is 0 Å². The van der Waals surface area contributed by atoms with Gasteiger partial charge in [-0.25, -0.2) is 9.78 Å². The number of aryl methyl sites for hydroxylation is 1. The molecule has 22 heavy (non-hydrogen) atoms. The van der Waals surface area contributed by atoms with Crippen LogP contribution in [0.4, 0.5) is 0 Å². The van der Waals surface area contributed by atoms with Gasteiger partial charge in [0.1, 0.15) is 0 Å². The topological polar surface area (TPSA) is 82.3 Å². The standard InChI is InChI=1S/C15H16N2O3S2/c1-9(14(16)18)20-15(19)11-3-5-13(6-4-11)22-8-12-7-21-10(2)17-12/h3-7,9H,8H2,1-2H3,(H2,16,18). The minimum Gasteiger partial charge on any atom is -0.449 e. The molecule has 0 bridgehead atoms. The lowest BCUT2D eigenvalue weighted by molar-refractivity contribution is -0.125. The molecular weight excluding hydrogens is 320 g/mol. The van der Waals surface area contributed by atoms with Crippen LogP contribution in [0.25, 0.3) is 0 Å². The van der Waals surface area contributed by atoms with E-state index in [1.165, 1.54) is 6.92 Å². The molecule has 116 valence electrons. The second kappa shape index (κ2) is 7.42. The lowest BCUT2D eigenvalue weighted by Gasteiger charge is -2.09. The average molecular weight is 336 g/mol. The SMILES string of the molecule is Cc1nc(CSc2ccc(C(=O)OC(C)C(N)=O)cc2)cs1. The van der Waals surface area contributed by atoms with Crippen LogP contribution >= 0.6 is 23.1 Å². The number of carbonyl (C=O) groups excluding carboxylic acids is 2. The second-order valence-electron chi connectivity index (χ2n) is 4.62. The molecule has 0 fully saturated rings. The molecule has 2 aromatic rings. The molecule has 7 heteroatoms. The predicted octanol–water partition coefficient (Wildman–Crippen LogP) is 2.77. The van der Waals surface area contributed by atoms with E-state index in [-0.39, 0.29) is 0 Å². The van der Waals surface area contributed by atoms with Crippen molar-refractivity contribution in [2.75, 3.05) is 0 Å². The first-order valence-corrected chi connectivity index (χ1v) is 8.46. The lowest BCUT2D eigenvalue weighted by atomic mass is 10.2. The maximum Gasteiger partial charge on any atom is 0.338 e. The van der Waals surface area contributed by atoms with E-state index in [1.807, 2.05) is 24.4 Å². The molecule has 1 aromatic carbocycles. The van der Waals surface area contributed by atoms with Crippen molar-refractivity contribution in [3.8, 4) is 0 Å². The van der Waals surface area contributed by atoms with Crippen molar-refractivity contribution >= 4 is 35.0 Å². The highest BCUT2D eigenvalue weighted by Gasteiger charge is 2.15. The first-order chi connectivity index (χ1) is 10.5. The Balaban J connectivity index is 1.92. The van der Waals surface area contributed by atoms with Gasteiger partial charge in [-0.15, -0.1) is 23.1 Å². The van der Waals surface area contributed by atoms with Gasteiger partial charge in [-0.05, 0) is 38.1 Å². The molecular formula is C15H16N2O3S2. The summed E-state index contributed by atoms with van der Waals surface area (Å²) in [5, 5.41) is 3.09. The van der Waals surface area contributed by atoms with Crippen molar-refractivity contribution in [2.45, 2.75) is 30.6 Å². The Kier molecular flexibility index (Phi) is 5.57. The third-order valence-corrected chi connectivity index (χ3v) is 4.70. The van der Waals surface area contributed by atoms with Gasteiger partial charge < -0.3 is 10.5 Å². The summed E-state index contributed by atoms with van der Waals surface area (Å²) < 4.78 is 4.94. The molecule has 1 heterocycles. The van der Waals surface area contributed by atoms with Crippen LogP contribution in [-0.2, 0) is 15.3 Å². The zero-order valence-corrected chi connectivity index (χ0v) is 13.9. The molecule has 5 nitrogen and oxygen atoms in total. The van der Waals surface area contributed by atoms with E-state index in [4.69, 9.17) is 10.5 Å². The summed E-state index contributed by atoms with van der Waals surface area (Å²) in [6, 6.07) is 7.03. The van der Waals surface area contributed by atoms with Crippen LogP contribution in [0, 0.1) is 6.92 Å². The molecule has 1 unspecified atom stereocenters. The number of hydrogen-bond donors (Lipinski definition) is 1. The molecule has 0 saturated heterocycles. The smallest absolute Gasteiger partial charge is 0.338 e. The van der Waals surface area contributed by atoms with Crippen LogP contribution in [-0.4, -0.2) is 23.0 Å². The Hall–Kier alpha value is -1.86. The van der Waals surface area contributed by atoms with Crippen LogP contribution in [0.2, 0.25) is 0 Å². The molecule has 0 aliphatic carbocycles. The van der Waals surface area contributed by atoms with E-state index in [9.17, 15) is 9.59 Å². The monoisotopic (exact) mass is 336 g/mol. The maximum absolute atomic E-state index is 11.8. The number of thiazole rings is 1. The number of carbonyl (C=O) groups is 2. The number of hydrogen-bond acceptors (Lipinski definition) is 6. The van der Waals surface area contributed by atoms with Gasteiger partial charge >= 0.3 is 5.97 Å². The molecule has 2 N–H and O–H groups in total. The number of primary amides is 1. The van der Waals surface area contributed by atoms with Gasteiger partial charge in [-0.3, -0.25) is 4.79 Å². The second-order valence-corrected chi connectivity index (χ2v) is 6.73. The lowest BCUT2D eigenvalue weighted by Crippen LogP contribution is -2.30. The van der Waals surface area contributed by atoms with Crippen LogP contribution in [0.5, 0.6) is 0 Å². The van der Waals surface area contributed by atoms with E-state index < -0.39 is 18.0 Å². The first kappa shape index (κ1) is 16.5. The number of ether oxygens (including phenoxy) is 1. The Labute approximate surface area is 136 Å². The quantitative estimate of drug-likeness (QED) is 0.648. The zero-order valence-electron chi connectivity index (χ0n) is 12.2. The minimum atomic E-state index is -0.936. The van der Waals surface area contributed by atoms with Crippen LogP contribution in [0.3, 0.4) is 0 Å². The number of nitrogens with two attached hydrogens (primary N) is 1.